The second-order valence-electron chi connectivity index (χ2n) is 11.3. The molecule has 0 aliphatic carbocycles. The fraction of sp³-hybridized carbons (Fsp3) is 0.414. The molecule has 2 atom stereocenters. The third-order valence-electron chi connectivity index (χ3n) is 8.51. The van der Waals surface area contributed by atoms with Crippen LogP contribution in [0.25, 0.3) is 5.65 Å². The Hall–Kier alpha value is -4.16. The summed E-state index contributed by atoms with van der Waals surface area (Å²) in [6.45, 7) is 4.91. The van der Waals surface area contributed by atoms with Crippen LogP contribution in [-0.2, 0) is 11.3 Å². The molecule has 4 aromatic rings. The van der Waals surface area contributed by atoms with Gasteiger partial charge in [-0.25, -0.2) is 4.52 Å². The first-order valence-electron chi connectivity index (χ1n) is 14.4. The Kier molecular flexibility index (Phi) is 6.95. The summed E-state index contributed by atoms with van der Waals surface area (Å²) in [4.78, 5) is 39.4. The number of rotatable bonds is 6. The molecule has 3 fully saturated rings. The van der Waals surface area contributed by atoms with Crippen molar-refractivity contribution in [2.45, 2.75) is 31.5 Å². The van der Waals surface area contributed by atoms with Crippen molar-refractivity contribution in [3.05, 3.63) is 65.6 Å². The molecule has 3 aromatic heterocycles. The Morgan fingerprint density at radius 3 is 2.60 bits per heavy atom. The summed E-state index contributed by atoms with van der Waals surface area (Å²) in [5.41, 5.74) is 3.07. The first kappa shape index (κ1) is 26.7. The number of benzene rings is 1. The van der Waals surface area contributed by atoms with E-state index in [2.05, 4.69) is 38.4 Å². The van der Waals surface area contributed by atoms with Crippen LogP contribution in [0, 0.1) is 0 Å². The van der Waals surface area contributed by atoms with Crippen molar-refractivity contribution >= 4 is 46.4 Å². The minimum atomic E-state index is 0.0441. The summed E-state index contributed by atoms with van der Waals surface area (Å²) in [6.07, 6.45) is 7.30. The van der Waals surface area contributed by atoms with Gasteiger partial charge in [-0.2, -0.15) is 10.1 Å². The smallest absolute Gasteiger partial charge is 0.254 e. The molecular formula is C29H33ClN10O2. The summed E-state index contributed by atoms with van der Waals surface area (Å²) in [5.74, 6) is 0.560. The highest BCUT2D eigenvalue weighted by atomic mass is 35.5. The van der Waals surface area contributed by atoms with Crippen LogP contribution >= 0.6 is 11.6 Å². The van der Waals surface area contributed by atoms with Crippen LogP contribution in [-0.4, -0.2) is 109 Å². The number of hydrogen-bond donors (Lipinski definition) is 1. The molecule has 2 bridgehead atoms. The van der Waals surface area contributed by atoms with Gasteiger partial charge in [-0.3, -0.25) is 14.3 Å². The number of piperazine rings is 2. The Labute approximate surface area is 248 Å². The minimum absolute atomic E-state index is 0.0441. The summed E-state index contributed by atoms with van der Waals surface area (Å²) in [7, 11) is 2.07. The monoisotopic (exact) mass is 588 g/mol. The zero-order valence-corrected chi connectivity index (χ0v) is 24.2. The number of amides is 2. The van der Waals surface area contributed by atoms with Crippen LogP contribution in [0.3, 0.4) is 0 Å². The van der Waals surface area contributed by atoms with Gasteiger partial charge in [0.25, 0.3) is 5.91 Å². The van der Waals surface area contributed by atoms with E-state index in [1.54, 1.807) is 33.7 Å². The number of aromatic nitrogens is 5. The van der Waals surface area contributed by atoms with Crippen LogP contribution in [0.15, 0.2) is 55.0 Å². The molecule has 3 aliphatic rings. The zero-order valence-electron chi connectivity index (χ0n) is 23.4. The molecule has 0 saturated carbocycles. The molecule has 1 N–H and O–H groups in total. The van der Waals surface area contributed by atoms with Gasteiger partial charge >= 0.3 is 0 Å². The number of pyridine rings is 1. The van der Waals surface area contributed by atoms with E-state index in [0.29, 0.717) is 22.2 Å². The maximum absolute atomic E-state index is 13.4. The summed E-state index contributed by atoms with van der Waals surface area (Å²) < 4.78 is 3.41. The lowest BCUT2D eigenvalue weighted by molar-refractivity contribution is -0.133. The summed E-state index contributed by atoms with van der Waals surface area (Å²) >= 11 is 6.16. The van der Waals surface area contributed by atoms with E-state index in [-0.39, 0.29) is 30.4 Å². The lowest BCUT2D eigenvalue weighted by atomic mass is 10.1. The van der Waals surface area contributed by atoms with Crippen LogP contribution in [0.2, 0.25) is 5.02 Å². The average molecular weight is 589 g/mol. The highest BCUT2D eigenvalue weighted by molar-refractivity contribution is 6.31. The van der Waals surface area contributed by atoms with E-state index in [9.17, 15) is 9.59 Å². The minimum Gasteiger partial charge on any atom is -0.364 e. The lowest BCUT2D eigenvalue weighted by Gasteiger charge is -2.42. The Morgan fingerprint density at radius 2 is 1.83 bits per heavy atom. The van der Waals surface area contributed by atoms with E-state index in [1.165, 1.54) is 0 Å². The third-order valence-corrected chi connectivity index (χ3v) is 8.75. The number of nitrogens with one attached hydrogen (secondary N) is 1. The van der Waals surface area contributed by atoms with Gasteiger partial charge in [0.15, 0.2) is 5.65 Å². The predicted octanol–water partition coefficient (Wildman–Crippen LogP) is 2.59. The predicted molar refractivity (Wildman–Crippen MR) is 159 cm³/mol. The van der Waals surface area contributed by atoms with Crippen LogP contribution < -0.4 is 10.2 Å². The van der Waals surface area contributed by atoms with E-state index >= 15 is 0 Å². The molecule has 6 heterocycles. The molecule has 0 radical (unpaired) electrons. The SMILES string of the molecule is CN1CCN(C(=O)Cn2cc(Nc3nc4c(N5CC6CCC(C5)N6C(=O)c5cccc(Cl)c5)cccn4n3)cn2)CC1. The molecule has 218 valence electrons. The molecule has 2 amide bonds. The first-order chi connectivity index (χ1) is 20.4. The van der Waals surface area contributed by atoms with Crippen molar-refractivity contribution in [3.8, 4) is 0 Å². The molecule has 7 rings (SSSR count). The summed E-state index contributed by atoms with van der Waals surface area (Å²) in [6, 6.07) is 11.5. The molecular weight excluding hydrogens is 556 g/mol. The molecule has 3 aliphatic heterocycles. The van der Waals surface area contributed by atoms with Gasteiger partial charge in [0, 0.05) is 74.3 Å². The zero-order chi connectivity index (χ0) is 28.8. The van der Waals surface area contributed by atoms with Crippen molar-refractivity contribution < 1.29 is 9.59 Å². The number of carbonyl (C=O) groups is 2. The van der Waals surface area contributed by atoms with Crippen LogP contribution in [0.5, 0.6) is 0 Å². The van der Waals surface area contributed by atoms with Gasteiger partial charge in [0.2, 0.25) is 11.9 Å². The van der Waals surface area contributed by atoms with E-state index < -0.39 is 0 Å². The van der Waals surface area contributed by atoms with Gasteiger partial charge in [-0.1, -0.05) is 17.7 Å². The average Bonchev–Trinajstić information content (AvgIpc) is 3.68. The highest BCUT2D eigenvalue weighted by Gasteiger charge is 2.43. The topological polar surface area (TPSA) is 107 Å². The second-order valence-corrected chi connectivity index (χ2v) is 11.8. The van der Waals surface area contributed by atoms with Crippen molar-refractivity contribution in [3.63, 3.8) is 0 Å². The van der Waals surface area contributed by atoms with E-state index in [4.69, 9.17) is 16.6 Å². The number of hydrogen-bond acceptors (Lipinski definition) is 8. The molecule has 13 heteroatoms. The number of carbonyl (C=O) groups excluding carboxylic acids is 2. The van der Waals surface area contributed by atoms with Crippen molar-refractivity contribution in [1.29, 1.82) is 0 Å². The van der Waals surface area contributed by atoms with Gasteiger partial charge < -0.3 is 24.9 Å². The third kappa shape index (κ3) is 5.16. The normalized spacial score (nSPS) is 20.9. The molecule has 1 aromatic carbocycles. The van der Waals surface area contributed by atoms with Gasteiger partial charge in [0.1, 0.15) is 6.54 Å². The van der Waals surface area contributed by atoms with Crippen LogP contribution in [0.4, 0.5) is 17.3 Å². The van der Waals surface area contributed by atoms with Crippen molar-refractivity contribution in [1.82, 2.24) is 39.1 Å². The van der Waals surface area contributed by atoms with Gasteiger partial charge in [-0.05, 0) is 50.2 Å². The number of anilines is 3. The van der Waals surface area contributed by atoms with Crippen molar-refractivity contribution in [2.75, 3.05) is 56.5 Å². The highest BCUT2D eigenvalue weighted by Crippen LogP contribution is 2.35. The number of nitrogens with zero attached hydrogens (tertiary/aromatic N) is 9. The fourth-order valence-corrected chi connectivity index (χ4v) is 6.52. The van der Waals surface area contributed by atoms with Gasteiger partial charge in [0.05, 0.1) is 17.6 Å². The largest absolute Gasteiger partial charge is 0.364 e. The maximum atomic E-state index is 13.4. The molecule has 0 spiro atoms. The number of likely N-dealkylation sites (N-methyl/N-ethyl adjacent to an activating group) is 1. The number of fused-ring (bicyclic) bond motifs is 3. The summed E-state index contributed by atoms with van der Waals surface area (Å²) in [5, 5.41) is 12.8. The molecule has 3 saturated heterocycles. The first-order valence-corrected chi connectivity index (χ1v) is 14.7. The fourth-order valence-electron chi connectivity index (χ4n) is 6.33. The Bertz CT molecular complexity index is 1610. The standard InChI is InChI=1S/C29H33ClN10O2/c1-35-10-12-36(13-11-35)26(41)19-38-16-22(15-31-38)32-29-33-27-25(6-3-9-39(27)34-29)37-17-23-7-8-24(18-37)40(23)28(42)20-4-2-5-21(30)14-20/h2-6,9,14-16,23-24H,7-8,10-13,17-19H2,1H3,(H,32,34). The number of halogens is 1. The molecule has 2 unspecified atom stereocenters. The lowest BCUT2D eigenvalue weighted by Crippen LogP contribution is -2.56. The Morgan fingerprint density at radius 1 is 1.05 bits per heavy atom. The molecule has 42 heavy (non-hydrogen) atoms. The van der Waals surface area contributed by atoms with Crippen molar-refractivity contribution in [2.24, 2.45) is 0 Å². The maximum Gasteiger partial charge on any atom is 0.254 e. The second kappa shape index (κ2) is 10.9. The quantitative estimate of drug-likeness (QED) is 0.366. The van der Waals surface area contributed by atoms with Crippen LogP contribution in [0.1, 0.15) is 23.2 Å². The van der Waals surface area contributed by atoms with E-state index in [1.807, 2.05) is 34.2 Å². The van der Waals surface area contributed by atoms with Gasteiger partial charge in [-0.15, -0.1) is 5.10 Å². The molecule has 12 nitrogen and oxygen atoms in total. The van der Waals surface area contributed by atoms with E-state index in [0.717, 1.165) is 63.4 Å². The Balaban J connectivity index is 1.04.